The molecule has 2 aliphatic heterocycles. The minimum atomic E-state index is -0.377. The molecule has 2 aromatic rings. The molecule has 0 spiro atoms. The summed E-state index contributed by atoms with van der Waals surface area (Å²) in [6, 6.07) is 5.54. The lowest BCUT2D eigenvalue weighted by molar-refractivity contribution is -0.111. The zero-order valence-corrected chi connectivity index (χ0v) is 16.2. The fraction of sp³-hybridized carbons (Fsp3) is 0.350. The average molecular weight is 396 g/mol. The first-order chi connectivity index (χ1) is 14.2. The number of ether oxygens (including phenoxy) is 2. The number of anilines is 3. The molecule has 152 valence electrons. The second kappa shape index (κ2) is 8.36. The summed E-state index contributed by atoms with van der Waals surface area (Å²) in [7, 11) is 0. The molecule has 29 heavy (non-hydrogen) atoms. The molecule has 0 radical (unpaired) electrons. The van der Waals surface area contributed by atoms with E-state index in [1.807, 2.05) is 19.1 Å². The molecule has 1 saturated heterocycles. The average Bonchev–Trinajstić information content (AvgIpc) is 2.75. The van der Waals surface area contributed by atoms with Crippen LogP contribution in [0.4, 0.5) is 17.1 Å². The molecule has 9 heteroatoms. The number of morpholine rings is 1. The van der Waals surface area contributed by atoms with E-state index in [1.165, 1.54) is 6.20 Å². The Morgan fingerprint density at radius 1 is 1.31 bits per heavy atom. The van der Waals surface area contributed by atoms with E-state index in [4.69, 9.17) is 15.2 Å². The third-order valence-corrected chi connectivity index (χ3v) is 4.82. The van der Waals surface area contributed by atoms with Gasteiger partial charge in [0.05, 0.1) is 42.4 Å². The molecule has 9 nitrogen and oxygen atoms in total. The largest absolute Gasteiger partial charge is 0.487 e. The number of nitrogens with two attached hydrogens (primary N) is 1. The Kier molecular flexibility index (Phi) is 5.48. The van der Waals surface area contributed by atoms with Crippen molar-refractivity contribution < 1.29 is 14.3 Å². The summed E-state index contributed by atoms with van der Waals surface area (Å²) in [5, 5.41) is 6.32. The molecule has 4 rings (SSSR count). The number of hydrogen-bond donors (Lipinski definition) is 3. The van der Waals surface area contributed by atoms with Gasteiger partial charge in [0, 0.05) is 37.7 Å². The highest BCUT2D eigenvalue weighted by Gasteiger charge is 2.24. The summed E-state index contributed by atoms with van der Waals surface area (Å²) in [6.45, 7) is 5.43. The number of carbonyl (C=O) groups excluding carboxylic acids is 1. The van der Waals surface area contributed by atoms with Crippen molar-refractivity contribution in [1.82, 2.24) is 9.97 Å². The number of amides is 1. The Morgan fingerprint density at radius 2 is 2.07 bits per heavy atom. The van der Waals surface area contributed by atoms with E-state index in [0.717, 1.165) is 30.2 Å². The van der Waals surface area contributed by atoms with Gasteiger partial charge in [-0.25, -0.2) is 9.97 Å². The van der Waals surface area contributed by atoms with Gasteiger partial charge in [0.1, 0.15) is 11.9 Å². The van der Waals surface area contributed by atoms with Gasteiger partial charge in [-0.15, -0.1) is 0 Å². The molecule has 1 amide bonds. The maximum absolute atomic E-state index is 13.0. The topological polar surface area (TPSA) is 115 Å². The standard InChI is InChI=1S/C20H24N6O3/c1-13-12-24-16-9-15(17(10-18(16)29-13)26-5-7-28-8-6-26)25-20(27)14(11-21)19-22-3-2-4-23-19/h2-4,9-11,13,24H,5-8,12,21H2,1H3,(H,25,27). The highest BCUT2D eigenvalue weighted by Crippen LogP contribution is 2.39. The third-order valence-electron chi connectivity index (χ3n) is 4.82. The van der Waals surface area contributed by atoms with Crippen LogP contribution in [-0.4, -0.2) is 54.8 Å². The molecule has 0 bridgehead atoms. The van der Waals surface area contributed by atoms with E-state index in [2.05, 4.69) is 25.5 Å². The second-order valence-corrected chi connectivity index (χ2v) is 6.88. The molecule has 0 saturated carbocycles. The van der Waals surface area contributed by atoms with E-state index in [9.17, 15) is 4.79 Å². The predicted octanol–water partition coefficient (Wildman–Crippen LogP) is 1.44. The van der Waals surface area contributed by atoms with Gasteiger partial charge in [0.25, 0.3) is 5.91 Å². The Hall–Kier alpha value is -3.33. The summed E-state index contributed by atoms with van der Waals surface area (Å²) < 4.78 is 11.4. The van der Waals surface area contributed by atoms with Crippen LogP contribution in [0.15, 0.2) is 36.8 Å². The first kappa shape index (κ1) is 19.0. The van der Waals surface area contributed by atoms with Crippen LogP contribution in [-0.2, 0) is 9.53 Å². The van der Waals surface area contributed by atoms with Crippen molar-refractivity contribution in [3.05, 3.63) is 42.6 Å². The van der Waals surface area contributed by atoms with Gasteiger partial charge in [0.2, 0.25) is 0 Å². The minimum Gasteiger partial charge on any atom is -0.487 e. The first-order valence-electron chi connectivity index (χ1n) is 9.57. The lowest BCUT2D eigenvalue weighted by Gasteiger charge is -2.33. The molecule has 4 N–H and O–H groups in total. The van der Waals surface area contributed by atoms with Gasteiger partial charge in [-0.2, -0.15) is 0 Å². The molecular weight excluding hydrogens is 372 g/mol. The number of carbonyl (C=O) groups is 1. The van der Waals surface area contributed by atoms with E-state index in [0.29, 0.717) is 25.4 Å². The number of fused-ring (bicyclic) bond motifs is 1. The van der Waals surface area contributed by atoms with Gasteiger partial charge < -0.3 is 30.7 Å². The lowest BCUT2D eigenvalue weighted by atomic mass is 10.1. The van der Waals surface area contributed by atoms with Crippen LogP contribution in [0.3, 0.4) is 0 Å². The van der Waals surface area contributed by atoms with Crippen LogP contribution in [0.5, 0.6) is 5.75 Å². The van der Waals surface area contributed by atoms with E-state index < -0.39 is 0 Å². The van der Waals surface area contributed by atoms with Gasteiger partial charge >= 0.3 is 0 Å². The van der Waals surface area contributed by atoms with Crippen LogP contribution in [0.2, 0.25) is 0 Å². The third kappa shape index (κ3) is 4.09. The summed E-state index contributed by atoms with van der Waals surface area (Å²) >= 11 is 0. The van der Waals surface area contributed by atoms with Gasteiger partial charge in [0.15, 0.2) is 5.82 Å². The van der Waals surface area contributed by atoms with Crippen LogP contribution in [0, 0.1) is 0 Å². The van der Waals surface area contributed by atoms with Crippen LogP contribution in [0.1, 0.15) is 12.7 Å². The van der Waals surface area contributed by atoms with Crippen LogP contribution >= 0.6 is 0 Å². The molecule has 1 fully saturated rings. The molecule has 1 aromatic carbocycles. The van der Waals surface area contributed by atoms with Gasteiger partial charge in [-0.3, -0.25) is 4.79 Å². The summed E-state index contributed by atoms with van der Waals surface area (Å²) in [4.78, 5) is 23.4. The molecule has 1 unspecified atom stereocenters. The summed E-state index contributed by atoms with van der Waals surface area (Å²) in [5.74, 6) is 0.663. The molecule has 3 heterocycles. The van der Waals surface area contributed by atoms with E-state index in [-0.39, 0.29) is 23.4 Å². The van der Waals surface area contributed by atoms with Crippen molar-refractivity contribution in [1.29, 1.82) is 0 Å². The molecule has 1 aromatic heterocycles. The Balaban J connectivity index is 1.67. The number of aromatic nitrogens is 2. The van der Waals surface area contributed by atoms with Crippen molar-refractivity contribution in [2.75, 3.05) is 48.4 Å². The van der Waals surface area contributed by atoms with Crippen LogP contribution < -0.4 is 26.0 Å². The van der Waals surface area contributed by atoms with E-state index >= 15 is 0 Å². The minimum absolute atomic E-state index is 0.0717. The van der Waals surface area contributed by atoms with Crippen molar-refractivity contribution in [3.63, 3.8) is 0 Å². The molecule has 1 atom stereocenters. The predicted molar refractivity (Wildman–Crippen MR) is 111 cm³/mol. The quantitative estimate of drug-likeness (QED) is 0.665. The zero-order chi connectivity index (χ0) is 20.2. The number of nitrogens with zero attached hydrogens (tertiary/aromatic N) is 3. The lowest BCUT2D eigenvalue weighted by Crippen LogP contribution is -2.37. The maximum Gasteiger partial charge on any atom is 0.261 e. The molecule has 0 aliphatic carbocycles. The first-order valence-corrected chi connectivity index (χ1v) is 9.57. The Bertz CT molecular complexity index is 912. The smallest absolute Gasteiger partial charge is 0.261 e. The van der Waals surface area contributed by atoms with Crippen molar-refractivity contribution in [2.45, 2.75) is 13.0 Å². The number of rotatable bonds is 4. The van der Waals surface area contributed by atoms with Crippen LogP contribution in [0.25, 0.3) is 5.57 Å². The van der Waals surface area contributed by atoms with Crippen molar-refractivity contribution >= 4 is 28.5 Å². The van der Waals surface area contributed by atoms with E-state index in [1.54, 1.807) is 18.5 Å². The van der Waals surface area contributed by atoms with Gasteiger partial charge in [-0.05, 0) is 19.1 Å². The van der Waals surface area contributed by atoms with Gasteiger partial charge in [-0.1, -0.05) is 0 Å². The summed E-state index contributed by atoms with van der Waals surface area (Å²) in [6.07, 6.45) is 4.43. The molecular formula is C20H24N6O3. The second-order valence-electron chi connectivity index (χ2n) is 6.88. The number of hydrogen-bond acceptors (Lipinski definition) is 8. The maximum atomic E-state index is 13.0. The SMILES string of the molecule is CC1CNc2cc(NC(=O)C(=CN)c3ncccn3)c(N3CCOCC3)cc2O1. The number of benzene rings is 1. The fourth-order valence-corrected chi connectivity index (χ4v) is 3.36. The monoisotopic (exact) mass is 396 g/mol. The molecule has 2 aliphatic rings. The normalized spacial score (nSPS) is 19.0. The Labute approximate surface area is 168 Å². The van der Waals surface area contributed by atoms with Crippen molar-refractivity contribution in [3.8, 4) is 5.75 Å². The zero-order valence-electron chi connectivity index (χ0n) is 16.2. The Morgan fingerprint density at radius 3 is 2.79 bits per heavy atom. The number of nitrogens with one attached hydrogen (secondary N) is 2. The van der Waals surface area contributed by atoms with Crippen molar-refractivity contribution in [2.24, 2.45) is 5.73 Å². The highest BCUT2D eigenvalue weighted by atomic mass is 16.5. The fourth-order valence-electron chi connectivity index (χ4n) is 3.36. The summed E-state index contributed by atoms with van der Waals surface area (Å²) in [5.41, 5.74) is 8.28. The highest BCUT2D eigenvalue weighted by molar-refractivity contribution is 6.25.